The van der Waals surface area contributed by atoms with Crippen molar-refractivity contribution in [3.63, 3.8) is 0 Å². The molecule has 0 radical (unpaired) electrons. The SMILES string of the molecule is Cc1cc(SCC(=O)N(C[C@@H]2CCCO2)[C@@H]2CCS(=O)(=O)C2)nc2ccccc12. The number of aromatic nitrogens is 1. The van der Waals surface area contributed by atoms with Crippen LogP contribution in [0.2, 0.25) is 0 Å². The maximum absolute atomic E-state index is 13.1. The van der Waals surface area contributed by atoms with Crippen LogP contribution in [-0.2, 0) is 19.4 Å². The van der Waals surface area contributed by atoms with Gasteiger partial charge in [-0.05, 0) is 43.9 Å². The van der Waals surface area contributed by atoms with E-state index in [4.69, 9.17) is 4.74 Å². The fraction of sp³-hybridized carbons (Fsp3) is 0.524. The third kappa shape index (κ3) is 4.92. The van der Waals surface area contributed by atoms with Crippen molar-refractivity contribution in [3.8, 4) is 0 Å². The van der Waals surface area contributed by atoms with Crippen LogP contribution in [0, 0.1) is 6.92 Å². The van der Waals surface area contributed by atoms with Crippen molar-refractivity contribution < 1.29 is 17.9 Å². The highest BCUT2D eigenvalue weighted by Gasteiger charge is 2.36. The fourth-order valence-electron chi connectivity index (χ4n) is 4.09. The molecule has 3 heterocycles. The van der Waals surface area contributed by atoms with E-state index in [2.05, 4.69) is 4.98 Å². The number of thioether (sulfide) groups is 1. The first-order chi connectivity index (χ1) is 13.9. The maximum Gasteiger partial charge on any atom is 0.233 e. The van der Waals surface area contributed by atoms with Gasteiger partial charge in [0.25, 0.3) is 0 Å². The van der Waals surface area contributed by atoms with E-state index in [1.807, 2.05) is 37.3 Å². The molecule has 2 fully saturated rings. The Labute approximate surface area is 175 Å². The van der Waals surface area contributed by atoms with Gasteiger partial charge in [0.15, 0.2) is 9.84 Å². The van der Waals surface area contributed by atoms with E-state index < -0.39 is 9.84 Å². The first-order valence-corrected chi connectivity index (χ1v) is 12.8. The monoisotopic (exact) mass is 434 g/mol. The smallest absolute Gasteiger partial charge is 0.233 e. The summed E-state index contributed by atoms with van der Waals surface area (Å²) in [6, 6.07) is 9.72. The lowest BCUT2D eigenvalue weighted by Crippen LogP contribution is -2.46. The predicted octanol–water partition coefficient (Wildman–Crippen LogP) is 2.83. The first kappa shape index (κ1) is 20.6. The minimum atomic E-state index is -3.06. The molecule has 156 valence electrons. The van der Waals surface area contributed by atoms with Crippen molar-refractivity contribution in [2.75, 3.05) is 30.4 Å². The number of hydrogen-bond donors (Lipinski definition) is 0. The van der Waals surface area contributed by atoms with Crippen molar-refractivity contribution in [1.29, 1.82) is 0 Å². The first-order valence-electron chi connectivity index (χ1n) is 10.0. The Bertz CT molecular complexity index is 1000. The van der Waals surface area contributed by atoms with Crippen molar-refractivity contribution in [2.45, 2.75) is 43.4 Å². The summed E-state index contributed by atoms with van der Waals surface area (Å²) in [7, 11) is -3.06. The summed E-state index contributed by atoms with van der Waals surface area (Å²) < 4.78 is 29.6. The minimum absolute atomic E-state index is 0.00768. The molecule has 0 spiro atoms. The summed E-state index contributed by atoms with van der Waals surface area (Å²) in [5, 5.41) is 1.92. The second-order valence-electron chi connectivity index (χ2n) is 7.82. The quantitative estimate of drug-likeness (QED) is 0.651. The highest BCUT2D eigenvalue weighted by atomic mass is 32.2. The Kier molecular flexibility index (Phi) is 6.13. The van der Waals surface area contributed by atoms with Crippen LogP contribution < -0.4 is 0 Å². The lowest BCUT2D eigenvalue weighted by molar-refractivity contribution is -0.131. The summed E-state index contributed by atoms with van der Waals surface area (Å²) in [4.78, 5) is 19.5. The highest BCUT2D eigenvalue weighted by molar-refractivity contribution is 7.99. The lowest BCUT2D eigenvalue weighted by atomic mass is 10.1. The minimum Gasteiger partial charge on any atom is -0.376 e. The van der Waals surface area contributed by atoms with Gasteiger partial charge in [0, 0.05) is 24.6 Å². The molecule has 29 heavy (non-hydrogen) atoms. The molecule has 2 aromatic rings. The molecule has 1 aromatic carbocycles. The van der Waals surface area contributed by atoms with Crippen LogP contribution in [0.5, 0.6) is 0 Å². The largest absolute Gasteiger partial charge is 0.376 e. The predicted molar refractivity (Wildman–Crippen MR) is 115 cm³/mol. The number of nitrogens with zero attached hydrogens (tertiary/aromatic N) is 2. The van der Waals surface area contributed by atoms with Crippen LogP contribution in [0.15, 0.2) is 35.4 Å². The molecule has 6 nitrogen and oxygen atoms in total. The number of carbonyl (C=O) groups is 1. The van der Waals surface area contributed by atoms with Crippen LogP contribution in [0.25, 0.3) is 10.9 Å². The zero-order chi connectivity index (χ0) is 20.4. The van der Waals surface area contributed by atoms with Gasteiger partial charge in [0.1, 0.15) is 0 Å². The summed E-state index contributed by atoms with van der Waals surface area (Å²) in [6.45, 7) is 3.23. The molecular formula is C21H26N2O4S2. The Morgan fingerprint density at radius 2 is 2.14 bits per heavy atom. The number of sulfone groups is 1. The zero-order valence-electron chi connectivity index (χ0n) is 16.5. The van der Waals surface area contributed by atoms with E-state index in [1.54, 1.807) is 4.90 Å². The molecule has 2 aliphatic heterocycles. The molecule has 1 amide bonds. The van der Waals surface area contributed by atoms with Crippen molar-refractivity contribution >= 4 is 38.4 Å². The summed E-state index contributed by atoms with van der Waals surface area (Å²) in [5.74, 6) is 0.420. The zero-order valence-corrected chi connectivity index (χ0v) is 18.2. The molecule has 0 aliphatic carbocycles. The van der Waals surface area contributed by atoms with E-state index in [0.29, 0.717) is 19.6 Å². The Morgan fingerprint density at radius 1 is 1.31 bits per heavy atom. The number of rotatable bonds is 6. The van der Waals surface area contributed by atoms with Gasteiger partial charge in [-0.3, -0.25) is 4.79 Å². The van der Waals surface area contributed by atoms with E-state index >= 15 is 0 Å². The number of ether oxygens (including phenoxy) is 1. The molecule has 4 rings (SSSR count). The number of carbonyl (C=O) groups excluding carboxylic acids is 1. The number of aryl methyl sites for hydroxylation is 1. The molecule has 2 atom stereocenters. The molecule has 2 aliphatic rings. The van der Waals surface area contributed by atoms with Crippen LogP contribution in [0.1, 0.15) is 24.8 Å². The van der Waals surface area contributed by atoms with E-state index in [-0.39, 0.29) is 35.3 Å². The molecule has 0 N–H and O–H groups in total. The van der Waals surface area contributed by atoms with Crippen LogP contribution in [-0.4, -0.2) is 66.8 Å². The van der Waals surface area contributed by atoms with Gasteiger partial charge < -0.3 is 9.64 Å². The number of para-hydroxylation sites is 1. The van der Waals surface area contributed by atoms with Crippen molar-refractivity contribution in [3.05, 3.63) is 35.9 Å². The molecule has 1 aromatic heterocycles. The highest BCUT2D eigenvalue weighted by Crippen LogP contribution is 2.26. The fourth-order valence-corrected chi connectivity index (χ4v) is 6.69. The number of fused-ring (bicyclic) bond motifs is 1. The van der Waals surface area contributed by atoms with Crippen molar-refractivity contribution in [1.82, 2.24) is 9.88 Å². The summed E-state index contributed by atoms with van der Waals surface area (Å²) in [6.07, 6.45) is 2.43. The molecule has 8 heteroatoms. The van der Waals surface area contributed by atoms with E-state index in [0.717, 1.165) is 34.3 Å². The van der Waals surface area contributed by atoms with Gasteiger partial charge in [0.05, 0.1) is 33.9 Å². The van der Waals surface area contributed by atoms with E-state index in [1.165, 1.54) is 11.8 Å². The second-order valence-corrected chi connectivity index (χ2v) is 11.0. The Hall–Kier alpha value is -1.64. The molecule has 0 unspecified atom stereocenters. The average Bonchev–Trinajstić information content (AvgIpc) is 3.33. The average molecular weight is 435 g/mol. The standard InChI is InChI=1S/C21H26N2O4S2/c1-15-11-20(22-19-7-3-2-6-18(15)19)28-13-21(24)23(12-17-5-4-9-27-17)16-8-10-29(25,26)14-16/h2-3,6-7,11,16-17H,4-5,8-10,12-14H2,1H3/t16-,17+/m1/s1. The number of benzene rings is 1. The lowest BCUT2D eigenvalue weighted by Gasteiger charge is -2.30. The third-order valence-corrected chi connectivity index (χ3v) is 8.28. The Balaban J connectivity index is 1.47. The Morgan fingerprint density at radius 3 is 2.86 bits per heavy atom. The summed E-state index contributed by atoms with van der Waals surface area (Å²) in [5.41, 5.74) is 2.05. The molecule has 2 saturated heterocycles. The topological polar surface area (TPSA) is 76.6 Å². The molecular weight excluding hydrogens is 408 g/mol. The normalized spacial score (nSPS) is 23.5. The summed E-state index contributed by atoms with van der Waals surface area (Å²) >= 11 is 1.41. The van der Waals surface area contributed by atoms with Crippen LogP contribution >= 0.6 is 11.8 Å². The van der Waals surface area contributed by atoms with E-state index in [9.17, 15) is 13.2 Å². The van der Waals surface area contributed by atoms with Crippen LogP contribution in [0.4, 0.5) is 0 Å². The van der Waals surface area contributed by atoms with Gasteiger partial charge >= 0.3 is 0 Å². The van der Waals surface area contributed by atoms with Crippen molar-refractivity contribution in [2.24, 2.45) is 0 Å². The molecule has 0 saturated carbocycles. The number of hydrogen-bond acceptors (Lipinski definition) is 6. The van der Waals surface area contributed by atoms with Gasteiger partial charge in [-0.15, -0.1) is 0 Å². The number of pyridine rings is 1. The van der Waals surface area contributed by atoms with Gasteiger partial charge in [-0.25, -0.2) is 13.4 Å². The van der Waals surface area contributed by atoms with Gasteiger partial charge in [-0.1, -0.05) is 30.0 Å². The number of amides is 1. The maximum atomic E-state index is 13.1. The second kappa shape index (κ2) is 8.62. The molecule has 0 bridgehead atoms. The van der Waals surface area contributed by atoms with Gasteiger partial charge in [-0.2, -0.15) is 0 Å². The van der Waals surface area contributed by atoms with Gasteiger partial charge in [0.2, 0.25) is 5.91 Å². The van der Waals surface area contributed by atoms with Crippen LogP contribution in [0.3, 0.4) is 0 Å². The third-order valence-electron chi connectivity index (χ3n) is 5.64.